The number of phosphoric ester groups is 1. The maximum atomic E-state index is 12.3. The molecule has 2 aliphatic heterocycles. The number of phosphoric acid groups is 1. The number of urea groups is 1. The van der Waals surface area contributed by atoms with Crippen LogP contribution in [0.4, 0.5) is 10.6 Å². The predicted octanol–water partition coefficient (Wildman–Crippen LogP) is 2.58. The number of aromatic nitrogens is 4. The Morgan fingerprint density at radius 2 is 1.95 bits per heavy atom. The molecule has 15 heteroatoms. The Morgan fingerprint density at radius 1 is 1.15 bits per heavy atom. The fourth-order valence-corrected chi connectivity index (χ4v) is 4.73. The van der Waals surface area contributed by atoms with Gasteiger partial charge in [-0.3, -0.25) is 14.4 Å². The van der Waals surface area contributed by atoms with Crippen LogP contribution in [0.5, 0.6) is 0 Å². The van der Waals surface area contributed by atoms with Crippen molar-refractivity contribution in [1.29, 1.82) is 0 Å². The molecule has 39 heavy (non-hydrogen) atoms. The van der Waals surface area contributed by atoms with E-state index in [1.54, 1.807) is 10.6 Å². The second kappa shape index (κ2) is 11.9. The van der Waals surface area contributed by atoms with Crippen LogP contribution < -0.4 is 10.6 Å². The third-order valence-corrected chi connectivity index (χ3v) is 6.69. The highest BCUT2D eigenvalue weighted by Crippen LogP contribution is 2.43. The zero-order valence-electron chi connectivity index (χ0n) is 21.0. The van der Waals surface area contributed by atoms with Gasteiger partial charge in [0.25, 0.3) is 0 Å². The Morgan fingerprint density at radius 3 is 2.72 bits per heavy atom. The fourth-order valence-electron chi connectivity index (χ4n) is 4.39. The number of amides is 2. The molecule has 2 aromatic heterocycles. The van der Waals surface area contributed by atoms with Gasteiger partial charge in [0.15, 0.2) is 29.5 Å². The van der Waals surface area contributed by atoms with Crippen LogP contribution in [-0.4, -0.2) is 73.1 Å². The van der Waals surface area contributed by atoms with Crippen molar-refractivity contribution in [3.63, 3.8) is 0 Å². The monoisotopic (exact) mass is 560 g/mol. The first kappa shape index (κ1) is 27.3. The number of benzene rings is 1. The van der Waals surface area contributed by atoms with Crippen LogP contribution in [0.25, 0.3) is 17.2 Å². The Balaban J connectivity index is 1.38. The molecule has 0 radical (unpaired) electrons. The lowest BCUT2D eigenvalue weighted by molar-refractivity contribution is -0.132. The van der Waals surface area contributed by atoms with E-state index in [2.05, 4.69) is 25.6 Å². The molecule has 4 heterocycles. The molecule has 208 valence electrons. The molecule has 2 fully saturated rings. The topological polar surface area (TPSA) is 179 Å². The van der Waals surface area contributed by atoms with E-state index in [9.17, 15) is 19.1 Å². The smallest absolute Gasteiger partial charge is 0.347 e. The average molecular weight is 561 g/mol. The largest absolute Gasteiger partial charge is 0.469 e. The van der Waals surface area contributed by atoms with E-state index in [0.29, 0.717) is 17.7 Å². The molecule has 0 aliphatic carbocycles. The van der Waals surface area contributed by atoms with Crippen LogP contribution in [-0.2, 0) is 23.3 Å². The van der Waals surface area contributed by atoms with Gasteiger partial charge in [0.2, 0.25) is 0 Å². The lowest BCUT2D eigenvalue weighted by Crippen LogP contribution is -2.31. The minimum Gasteiger partial charge on any atom is -0.347 e. The third-order valence-electron chi connectivity index (χ3n) is 6.20. The number of unbranched alkanes of at least 4 members (excludes halogenated alkanes) is 1. The molecule has 5 rings (SSSR count). The van der Waals surface area contributed by atoms with Crippen LogP contribution in [0.2, 0.25) is 0 Å². The molecular formula is C24H29N6O8P. The van der Waals surface area contributed by atoms with Crippen LogP contribution in [0, 0.1) is 0 Å². The lowest BCUT2D eigenvalue weighted by atomic mass is 10.1. The number of fused-ring (bicyclic) bond motifs is 2. The van der Waals surface area contributed by atoms with Gasteiger partial charge in [0.05, 0.1) is 12.9 Å². The van der Waals surface area contributed by atoms with Crippen LogP contribution in [0.1, 0.15) is 31.6 Å². The van der Waals surface area contributed by atoms with E-state index in [4.69, 9.17) is 18.7 Å². The van der Waals surface area contributed by atoms with Gasteiger partial charge in [-0.15, -0.1) is 0 Å². The van der Waals surface area contributed by atoms with Gasteiger partial charge in [-0.05, 0) is 18.1 Å². The summed E-state index contributed by atoms with van der Waals surface area (Å²) in [4.78, 5) is 43.6. The number of nitrogens with zero attached hydrogens (tertiary/aromatic N) is 4. The van der Waals surface area contributed by atoms with E-state index in [0.717, 1.165) is 18.4 Å². The highest BCUT2D eigenvalue weighted by molar-refractivity contribution is 7.46. The first-order valence-electron chi connectivity index (χ1n) is 12.4. The van der Waals surface area contributed by atoms with E-state index in [-0.39, 0.29) is 5.82 Å². The molecule has 5 atom stereocenters. The van der Waals surface area contributed by atoms with Gasteiger partial charge in [-0.2, -0.15) is 0 Å². The van der Waals surface area contributed by atoms with Crippen LogP contribution >= 0.6 is 7.82 Å². The minimum atomic E-state index is -4.75. The maximum Gasteiger partial charge on any atom is 0.469 e. The molecule has 2 saturated heterocycles. The number of imidazole rings is 1. The SMILES string of the molecule is CCCCNC(=O)Nc1ncnc2c1ncn2[C@@H]1O[C@H](COP(=O)(O)O)C2OC(/C=C/c3ccccc3)OC21. The third kappa shape index (κ3) is 6.50. The number of nitrogens with one attached hydrogen (secondary N) is 2. The number of hydrogen-bond acceptors (Lipinski definition) is 9. The summed E-state index contributed by atoms with van der Waals surface area (Å²) in [6.45, 7) is 2.13. The Labute approximate surface area is 223 Å². The normalized spacial score (nSPS) is 24.8. The zero-order valence-corrected chi connectivity index (χ0v) is 21.9. The summed E-state index contributed by atoms with van der Waals surface area (Å²) in [5.74, 6) is 0.218. The summed E-state index contributed by atoms with van der Waals surface area (Å²) in [5.41, 5.74) is 1.64. The molecule has 3 aromatic rings. The van der Waals surface area contributed by atoms with Crippen molar-refractivity contribution in [2.24, 2.45) is 0 Å². The lowest BCUT2D eigenvalue weighted by Gasteiger charge is -2.20. The highest BCUT2D eigenvalue weighted by atomic mass is 31.2. The molecule has 2 amide bonds. The summed E-state index contributed by atoms with van der Waals surface area (Å²) in [7, 11) is -4.75. The molecule has 2 aliphatic rings. The Bertz CT molecular complexity index is 1370. The van der Waals surface area contributed by atoms with E-state index < -0.39 is 51.3 Å². The highest BCUT2D eigenvalue weighted by Gasteiger charge is 2.53. The molecule has 0 saturated carbocycles. The van der Waals surface area contributed by atoms with Crippen molar-refractivity contribution in [2.75, 3.05) is 18.5 Å². The van der Waals surface area contributed by atoms with E-state index in [1.807, 2.05) is 43.3 Å². The second-order valence-electron chi connectivity index (χ2n) is 8.97. The Hall–Kier alpha value is -3.23. The number of carbonyl (C=O) groups is 1. The van der Waals surface area contributed by atoms with Crippen molar-refractivity contribution < 1.29 is 37.9 Å². The second-order valence-corrected chi connectivity index (χ2v) is 10.2. The van der Waals surface area contributed by atoms with Crippen molar-refractivity contribution >= 4 is 36.9 Å². The first-order valence-corrected chi connectivity index (χ1v) is 14.0. The predicted molar refractivity (Wildman–Crippen MR) is 138 cm³/mol. The molecule has 1 aromatic carbocycles. The van der Waals surface area contributed by atoms with E-state index >= 15 is 0 Å². The summed E-state index contributed by atoms with van der Waals surface area (Å²) in [6, 6.07) is 9.19. The molecule has 0 spiro atoms. The summed E-state index contributed by atoms with van der Waals surface area (Å²) in [6.07, 6.45) is 4.37. The molecule has 0 bridgehead atoms. The summed E-state index contributed by atoms with van der Waals surface area (Å²) >= 11 is 0. The summed E-state index contributed by atoms with van der Waals surface area (Å²) < 4.78 is 36.0. The Kier molecular flexibility index (Phi) is 8.33. The van der Waals surface area contributed by atoms with Crippen molar-refractivity contribution in [3.8, 4) is 0 Å². The van der Waals surface area contributed by atoms with Gasteiger partial charge < -0.3 is 29.3 Å². The maximum absolute atomic E-state index is 12.3. The molecular weight excluding hydrogens is 531 g/mol. The van der Waals surface area contributed by atoms with Gasteiger partial charge in [-0.25, -0.2) is 24.3 Å². The van der Waals surface area contributed by atoms with Crippen molar-refractivity contribution in [1.82, 2.24) is 24.8 Å². The molecule has 14 nitrogen and oxygen atoms in total. The van der Waals surface area contributed by atoms with E-state index in [1.165, 1.54) is 12.7 Å². The van der Waals surface area contributed by atoms with Crippen molar-refractivity contribution in [3.05, 3.63) is 54.6 Å². The van der Waals surface area contributed by atoms with Crippen LogP contribution in [0.15, 0.2) is 49.1 Å². The number of carbonyl (C=O) groups excluding carboxylic acids is 1. The number of rotatable bonds is 10. The fraction of sp³-hybridized carbons (Fsp3) is 0.417. The minimum absolute atomic E-state index is 0.218. The first-order chi connectivity index (χ1) is 18.8. The van der Waals surface area contributed by atoms with Gasteiger partial charge in [-0.1, -0.05) is 49.8 Å². The van der Waals surface area contributed by atoms with Gasteiger partial charge in [0.1, 0.15) is 24.6 Å². The standard InChI is InChI=1S/C24H29N6O8P/c1-2-3-11-25-24(31)29-21-18-22(27-13-26-21)30(14-28-18)23-20-19(16(36-23)12-35-39(32,33)34)37-17(38-20)10-9-15-7-5-4-6-8-15/h4-10,13-14,16-17,19-20,23H,2-3,11-12H2,1H3,(H2,32,33,34)(H2,25,26,27,29,31)/b10-9+/t16-,17?,19?,20?,23-/m1/s1. The van der Waals surface area contributed by atoms with Crippen molar-refractivity contribution in [2.45, 2.75) is 50.6 Å². The average Bonchev–Trinajstić information content (AvgIpc) is 3.61. The number of hydrogen-bond donors (Lipinski definition) is 4. The summed E-state index contributed by atoms with van der Waals surface area (Å²) in [5, 5.41) is 5.45. The molecule has 3 unspecified atom stereocenters. The van der Waals surface area contributed by atoms with Gasteiger partial charge in [0, 0.05) is 6.54 Å². The molecule has 4 N–H and O–H groups in total. The number of ether oxygens (including phenoxy) is 3. The number of anilines is 1. The quantitative estimate of drug-likeness (QED) is 0.211. The zero-order chi connectivity index (χ0) is 27.4. The van der Waals surface area contributed by atoms with Gasteiger partial charge >= 0.3 is 13.9 Å². The van der Waals surface area contributed by atoms with Crippen LogP contribution in [0.3, 0.4) is 0 Å².